The molecule has 0 radical (unpaired) electrons. The van der Waals surface area contributed by atoms with Gasteiger partial charge >= 0.3 is 0 Å². The third kappa shape index (κ3) is 7.49. The Morgan fingerprint density at radius 3 is 2.84 bits per heavy atom. The number of rotatable bonds is 7. The van der Waals surface area contributed by atoms with Gasteiger partial charge in [-0.1, -0.05) is 49.2 Å². The Morgan fingerprint density at radius 1 is 1.32 bits per heavy atom. The Morgan fingerprint density at radius 2 is 2.16 bits per heavy atom. The van der Waals surface area contributed by atoms with Gasteiger partial charge in [0.2, 0.25) is 0 Å². The summed E-state index contributed by atoms with van der Waals surface area (Å²) in [7, 11) is 1.81. The molecule has 4 nitrogen and oxygen atoms in total. The predicted molar refractivity (Wildman–Crippen MR) is 106 cm³/mol. The largest absolute Gasteiger partial charge is 0.377 e. The zero-order valence-corrected chi connectivity index (χ0v) is 16.3. The smallest absolute Gasteiger partial charge is 0.191 e. The lowest BCUT2D eigenvalue weighted by molar-refractivity contribution is 0.153. The third-order valence-corrected chi connectivity index (χ3v) is 4.56. The predicted octanol–water partition coefficient (Wildman–Crippen LogP) is 3.81. The molecule has 1 aromatic rings. The van der Waals surface area contributed by atoms with Gasteiger partial charge in [-0.25, -0.2) is 0 Å². The first kappa shape index (κ1) is 19.8. The average molecular weight is 364 g/mol. The second kappa shape index (κ2) is 9.83. The molecule has 0 atom stereocenters. The van der Waals surface area contributed by atoms with Crippen molar-refractivity contribution in [2.24, 2.45) is 10.4 Å². The summed E-state index contributed by atoms with van der Waals surface area (Å²) in [6.45, 7) is 7.83. The minimum Gasteiger partial charge on any atom is -0.377 e. The van der Waals surface area contributed by atoms with E-state index in [2.05, 4.69) is 41.6 Å². The fourth-order valence-corrected chi connectivity index (χ4v) is 3.15. The van der Waals surface area contributed by atoms with Crippen LogP contribution in [0.2, 0.25) is 5.02 Å². The molecule has 0 aromatic heterocycles. The molecule has 1 aliphatic heterocycles. The minimum absolute atomic E-state index is 0.103. The molecule has 1 aromatic carbocycles. The average Bonchev–Trinajstić information content (AvgIpc) is 2.58. The van der Waals surface area contributed by atoms with Gasteiger partial charge in [-0.05, 0) is 42.4 Å². The fraction of sp³-hybridized carbons (Fsp3) is 0.550. The van der Waals surface area contributed by atoms with Crippen LogP contribution in [0.3, 0.4) is 0 Å². The molecule has 0 bridgehead atoms. The van der Waals surface area contributed by atoms with Crippen molar-refractivity contribution >= 4 is 17.6 Å². The molecule has 25 heavy (non-hydrogen) atoms. The van der Waals surface area contributed by atoms with Crippen LogP contribution in [0, 0.1) is 5.41 Å². The van der Waals surface area contributed by atoms with E-state index in [1.54, 1.807) is 0 Å². The maximum absolute atomic E-state index is 6.09. The summed E-state index contributed by atoms with van der Waals surface area (Å²) >= 11 is 6.09. The summed E-state index contributed by atoms with van der Waals surface area (Å²) in [6, 6.07) is 8.09. The monoisotopic (exact) mass is 363 g/mol. The van der Waals surface area contributed by atoms with Gasteiger partial charge in [0.1, 0.15) is 0 Å². The molecule has 0 saturated heterocycles. The van der Waals surface area contributed by atoms with Gasteiger partial charge in [0.05, 0.1) is 13.2 Å². The first-order valence-corrected chi connectivity index (χ1v) is 9.31. The summed E-state index contributed by atoms with van der Waals surface area (Å²) in [5, 5.41) is 7.64. The van der Waals surface area contributed by atoms with Crippen molar-refractivity contribution in [1.82, 2.24) is 10.6 Å². The van der Waals surface area contributed by atoms with Gasteiger partial charge in [0.25, 0.3) is 0 Å². The third-order valence-electron chi connectivity index (χ3n) is 4.33. The van der Waals surface area contributed by atoms with E-state index in [0.717, 1.165) is 56.5 Å². The van der Waals surface area contributed by atoms with Crippen molar-refractivity contribution in [2.75, 3.05) is 33.4 Å². The highest BCUT2D eigenvalue weighted by molar-refractivity contribution is 6.30. The van der Waals surface area contributed by atoms with E-state index in [-0.39, 0.29) is 5.41 Å². The number of aliphatic imine (C=N–C) groups is 1. The van der Waals surface area contributed by atoms with E-state index in [0.29, 0.717) is 0 Å². The Kier molecular flexibility index (Phi) is 7.79. The fourth-order valence-electron chi connectivity index (χ4n) is 2.94. The van der Waals surface area contributed by atoms with E-state index >= 15 is 0 Å². The Labute approximate surface area is 156 Å². The molecule has 2 rings (SSSR count). The van der Waals surface area contributed by atoms with Crippen LogP contribution < -0.4 is 10.6 Å². The second-order valence-electron chi connectivity index (χ2n) is 7.26. The molecule has 0 saturated carbocycles. The van der Waals surface area contributed by atoms with Gasteiger partial charge in [-0.2, -0.15) is 0 Å². The number of nitrogens with zero attached hydrogens (tertiary/aromatic N) is 1. The van der Waals surface area contributed by atoms with Crippen molar-refractivity contribution in [3.8, 4) is 0 Å². The van der Waals surface area contributed by atoms with E-state index in [1.807, 2.05) is 25.2 Å². The Bertz CT molecular complexity index is 611. The molecular formula is C20H30ClN3O. The molecule has 0 amide bonds. The van der Waals surface area contributed by atoms with E-state index in [1.165, 1.54) is 11.1 Å². The van der Waals surface area contributed by atoms with E-state index in [9.17, 15) is 0 Å². The van der Waals surface area contributed by atoms with Crippen LogP contribution in [0.1, 0.15) is 32.3 Å². The molecule has 0 spiro atoms. The number of hydrogen-bond acceptors (Lipinski definition) is 2. The van der Waals surface area contributed by atoms with Gasteiger partial charge < -0.3 is 15.4 Å². The van der Waals surface area contributed by atoms with Crippen LogP contribution >= 0.6 is 11.6 Å². The van der Waals surface area contributed by atoms with Crippen LogP contribution in [-0.4, -0.2) is 39.3 Å². The quantitative estimate of drug-likeness (QED) is 0.440. The summed E-state index contributed by atoms with van der Waals surface area (Å²) in [6.07, 6.45) is 5.23. The van der Waals surface area contributed by atoms with Gasteiger partial charge in [-0.15, -0.1) is 0 Å². The van der Waals surface area contributed by atoms with Crippen LogP contribution in [0.5, 0.6) is 0 Å². The summed E-state index contributed by atoms with van der Waals surface area (Å²) in [5.74, 6) is 0.854. The molecule has 0 fully saturated rings. The maximum Gasteiger partial charge on any atom is 0.191 e. The lowest BCUT2D eigenvalue weighted by Crippen LogP contribution is -2.43. The molecule has 1 heterocycles. The first-order valence-electron chi connectivity index (χ1n) is 8.93. The normalized spacial score (nSPS) is 15.7. The van der Waals surface area contributed by atoms with Crippen LogP contribution in [0.25, 0.3) is 0 Å². The second-order valence-corrected chi connectivity index (χ2v) is 7.70. The van der Waals surface area contributed by atoms with Crippen LogP contribution in [0.15, 0.2) is 40.9 Å². The zero-order valence-electron chi connectivity index (χ0n) is 15.6. The molecule has 138 valence electrons. The summed E-state index contributed by atoms with van der Waals surface area (Å²) in [5.41, 5.74) is 2.83. The standard InChI is InChI=1S/C20H30ClN3O/c1-20(2,14-17-5-4-6-18(21)13-17)15-24-19(22-3)23-10-7-16-8-11-25-12-9-16/h4-6,8,13H,7,9-12,14-15H2,1-3H3,(H2,22,23,24). The maximum atomic E-state index is 6.09. The van der Waals surface area contributed by atoms with Crippen LogP contribution in [0.4, 0.5) is 0 Å². The SMILES string of the molecule is CN=C(NCCC1=CCOCC1)NCC(C)(C)Cc1cccc(Cl)c1. The molecule has 1 aliphatic rings. The van der Waals surface area contributed by atoms with E-state index < -0.39 is 0 Å². The van der Waals surface area contributed by atoms with Crippen molar-refractivity contribution in [1.29, 1.82) is 0 Å². The van der Waals surface area contributed by atoms with Gasteiger partial charge in [0.15, 0.2) is 5.96 Å². The Balaban J connectivity index is 1.75. The highest BCUT2D eigenvalue weighted by Gasteiger charge is 2.19. The number of ether oxygens (including phenoxy) is 1. The van der Waals surface area contributed by atoms with Crippen molar-refractivity contribution in [2.45, 2.75) is 33.1 Å². The number of hydrogen-bond donors (Lipinski definition) is 2. The van der Waals surface area contributed by atoms with Gasteiger partial charge in [0, 0.05) is 25.2 Å². The summed E-state index contributed by atoms with van der Waals surface area (Å²) in [4.78, 5) is 4.32. The minimum atomic E-state index is 0.103. The molecular weight excluding hydrogens is 334 g/mol. The summed E-state index contributed by atoms with van der Waals surface area (Å²) < 4.78 is 5.34. The number of nitrogens with one attached hydrogen (secondary N) is 2. The zero-order chi connectivity index (χ0) is 18.1. The number of guanidine groups is 1. The molecule has 5 heteroatoms. The van der Waals surface area contributed by atoms with Crippen molar-refractivity contribution < 1.29 is 4.74 Å². The highest BCUT2D eigenvalue weighted by Crippen LogP contribution is 2.22. The lowest BCUT2D eigenvalue weighted by Gasteiger charge is -2.26. The number of halogens is 1. The topological polar surface area (TPSA) is 45.7 Å². The molecule has 2 N–H and O–H groups in total. The first-order chi connectivity index (χ1) is 12.0. The van der Waals surface area contributed by atoms with Crippen LogP contribution in [-0.2, 0) is 11.2 Å². The highest BCUT2D eigenvalue weighted by atomic mass is 35.5. The number of benzene rings is 1. The lowest BCUT2D eigenvalue weighted by atomic mass is 9.86. The van der Waals surface area contributed by atoms with E-state index in [4.69, 9.17) is 16.3 Å². The molecule has 0 unspecified atom stereocenters. The van der Waals surface area contributed by atoms with Crippen molar-refractivity contribution in [3.05, 3.63) is 46.5 Å². The molecule has 0 aliphatic carbocycles. The van der Waals surface area contributed by atoms with Gasteiger partial charge in [-0.3, -0.25) is 4.99 Å². The Hall–Kier alpha value is -1.52. The van der Waals surface area contributed by atoms with Crippen molar-refractivity contribution in [3.63, 3.8) is 0 Å².